The van der Waals surface area contributed by atoms with Crippen LogP contribution in [0.15, 0.2) is 66.9 Å². The van der Waals surface area contributed by atoms with E-state index in [1.807, 2.05) is 18.3 Å². The molecule has 5 rings (SSSR count). The maximum Gasteiger partial charge on any atom is 0.123 e. The summed E-state index contributed by atoms with van der Waals surface area (Å²) in [4.78, 5) is 6.80. The fourth-order valence-electron chi connectivity index (χ4n) is 3.99. The van der Waals surface area contributed by atoms with Gasteiger partial charge in [0.15, 0.2) is 0 Å². The molecule has 4 aromatic rings. The van der Waals surface area contributed by atoms with Crippen molar-refractivity contribution in [3.8, 4) is 5.75 Å². The molecule has 0 radical (unpaired) electrons. The molecule has 1 fully saturated rings. The zero-order valence-electron chi connectivity index (χ0n) is 17.7. The van der Waals surface area contributed by atoms with E-state index in [9.17, 15) is 4.39 Å². The number of nitrogens with zero attached hydrogens (tertiary/aromatic N) is 3. The molecule has 1 unspecified atom stereocenters. The van der Waals surface area contributed by atoms with Crippen molar-refractivity contribution < 1.29 is 13.9 Å². The first-order valence-corrected chi connectivity index (χ1v) is 10.8. The maximum atomic E-state index is 13.0. The summed E-state index contributed by atoms with van der Waals surface area (Å²) >= 11 is 0. The number of hydrogen-bond acceptors (Lipinski definition) is 5. The predicted octanol–water partition coefficient (Wildman–Crippen LogP) is 4.29. The number of benzene rings is 2. The van der Waals surface area contributed by atoms with E-state index in [0.29, 0.717) is 25.4 Å². The molecule has 164 valence electrons. The van der Waals surface area contributed by atoms with Crippen LogP contribution in [0.2, 0.25) is 0 Å². The van der Waals surface area contributed by atoms with Crippen LogP contribution in [-0.2, 0) is 17.7 Å². The Morgan fingerprint density at radius 3 is 2.94 bits per heavy atom. The standard InChI is InChI=1S/C25H25FN4O2/c26-20-4-6-22(7-5-20)31-12-9-21-15-24(29-28-21)25-17-30(11-13-32-25)16-18-3-8-23-19(14-18)2-1-10-27-23/h1-8,10,14-15,25H,9,11-13,16-17H2,(H,28,29). The minimum absolute atomic E-state index is 0.0612. The van der Waals surface area contributed by atoms with Crippen molar-refractivity contribution in [1.82, 2.24) is 20.1 Å². The number of rotatable bonds is 7. The van der Waals surface area contributed by atoms with Gasteiger partial charge >= 0.3 is 0 Å². The fourth-order valence-corrected chi connectivity index (χ4v) is 3.99. The molecule has 0 bridgehead atoms. The molecule has 1 aliphatic rings. The monoisotopic (exact) mass is 432 g/mol. The van der Waals surface area contributed by atoms with Crippen molar-refractivity contribution in [3.63, 3.8) is 0 Å². The van der Waals surface area contributed by atoms with Crippen molar-refractivity contribution in [1.29, 1.82) is 0 Å². The Bertz CT molecular complexity index is 1180. The van der Waals surface area contributed by atoms with Crippen LogP contribution in [0.5, 0.6) is 5.75 Å². The number of nitrogens with one attached hydrogen (secondary N) is 1. The molecule has 1 N–H and O–H groups in total. The van der Waals surface area contributed by atoms with Gasteiger partial charge in [0.1, 0.15) is 17.7 Å². The van der Waals surface area contributed by atoms with Gasteiger partial charge in [0, 0.05) is 43.3 Å². The largest absolute Gasteiger partial charge is 0.493 e. The van der Waals surface area contributed by atoms with Crippen molar-refractivity contribution >= 4 is 10.9 Å². The highest BCUT2D eigenvalue weighted by molar-refractivity contribution is 5.78. The third-order valence-corrected chi connectivity index (χ3v) is 5.66. The number of pyridine rings is 1. The number of aromatic nitrogens is 3. The highest BCUT2D eigenvalue weighted by Crippen LogP contribution is 2.23. The third kappa shape index (κ3) is 4.95. The molecule has 1 saturated heterocycles. The number of ether oxygens (including phenoxy) is 2. The van der Waals surface area contributed by atoms with E-state index < -0.39 is 0 Å². The Morgan fingerprint density at radius 2 is 2.03 bits per heavy atom. The molecule has 2 aromatic heterocycles. The molecule has 0 amide bonds. The minimum Gasteiger partial charge on any atom is -0.493 e. The smallest absolute Gasteiger partial charge is 0.123 e. The first-order valence-electron chi connectivity index (χ1n) is 10.8. The maximum absolute atomic E-state index is 13.0. The lowest BCUT2D eigenvalue weighted by molar-refractivity contribution is -0.0350. The molecule has 0 spiro atoms. The predicted molar refractivity (Wildman–Crippen MR) is 120 cm³/mol. The van der Waals surface area contributed by atoms with Crippen LogP contribution < -0.4 is 4.74 Å². The summed E-state index contributed by atoms with van der Waals surface area (Å²) in [6, 6.07) is 18.6. The van der Waals surface area contributed by atoms with E-state index in [2.05, 4.69) is 44.3 Å². The van der Waals surface area contributed by atoms with Gasteiger partial charge in [-0.05, 0) is 54.1 Å². The molecule has 0 aliphatic carbocycles. The van der Waals surface area contributed by atoms with Crippen LogP contribution >= 0.6 is 0 Å². The summed E-state index contributed by atoms with van der Waals surface area (Å²) < 4.78 is 24.7. The average Bonchev–Trinajstić information content (AvgIpc) is 3.30. The van der Waals surface area contributed by atoms with Gasteiger partial charge in [0.2, 0.25) is 0 Å². The first-order chi connectivity index (χ1) is 15.7. The quantitative estimate of drug-likeness (QED) is 0.472. The van der Waals surface area contributed by atoms with Crippen LogP contribution in [0, 0.1) is 5.82 Å². The first kappa shape index (κ1) is 20.6. The summed E-state index contributed by atoms with van der Waals surface area (Å²) in [5.41, 5.74) is 4.19. The van der Waals surface area contributed by atoms with Gasteiger partial charge in [-0.2, -0.15) is 5.10 Å². The van der Waals surface area contributed by atoms with Gasteiger partial charge < -0.3 is 9.47 Å². The fraction of sp³-hybridized carbons (Fsp3) is 0.280. The topological polar surface area (TPSA) is 63.3 Å². The van der Waals surface area contributed by atoms with Crippen LogP contribution in [0.4, 0.5) is 4.39 Å². The van der Waals surface area contributed by atoms with Crippen LogP contribution in [-0.4, -0.2) is 46.4 Å². The lowest BCUT2D eigenvalue weighted by atomic mass is 10.1. The van der Waals surface area contributed by atoms with Crippen molar-refractivity contribution in [2.75, 3.05) is 26.3 Å². The molecular formula is C25H25FN4O2. The summed E-state index contributed by atoms with van der Waals surface area (Å²) in [6.45, 7) is 3.72. The number of fused-ring (bicyclic) bond motifs is 1. The van der Waals surface area contributed by atoms with E-state index in [-0.39, 0.29) is 11.9 Å². The van der Waals surface area contributed by atoms with E-state index in [1.165, 1.54) is 17.7 Å². The Labute approximate surface area is 186 Å². The van der Waals surface area contributed by atoms with Gasteiger partial charge in [-0.15, -0.1) is 0 Å². The molecule has 1 atom stereocenters. The highest BCUT2D eigenvalue weighted by atomic mass is 19.1. The number of morpholine rings is 1. The highest BCUT2D eigenvalue weighted by Gasteiger charge is 2.24. The molecule has 3 heterocycles. The van der Waals surface area contributed by atoms with Crippen molar-refractivity contribution in [3.05, 3.63) is 89.6 Å². The van der Waals surface area contributed by atoms with Crippen molar-refractivity contribution in [2.24, 2.45) is 0 Å². The molecule has 7 heteroatoms. The second-order valence-corrected chi connectivity index (χ2v) is 8.00. The number of H-pyrrole nitrogens is 1. The van der Waals surface area contributed by atoms with Crippen LogP contribution in [0.25, 0.3) is 10.9 Å². The normalized spacial score (nSPS) is 17.0. The van der Waals surface area contributed by atoms with Gasteiger partial charge in [-0.1, -0.05) is 12.1 Å². The molecule has 32 heavy (non-hydrogen) atoms. The summed E-state index contributed by atoms with van der Waals surface area (Å²) in [6.07, 6.45) is 2.45. The zero-order chi connectivity index (χ0) is 21.8. The van der Waals surface area contributed by atoms with Crippen molar-refractivity contribution in [2.45, 2.75) is 19.1 Å². The molecular weight excluding hydrogens is 407 g/mol. The molecule has 2 aromatic carbocycles. The van der Waals surface area contributed by atoms with Crippen LogP contribution in [0.3, 0.4) is 0 Å². The van der Waals surface area contributed by atoms with Gasteiger partial charge in [0.05, 0.1) is 24.4 Å². The second-order valence-electron chi connectivity index (χ2n) is 8.00. The Balaban J connectivity index is 1.16. The second kappa shape index (κ2) is 9.46. The van der Waals surface area contributed by atoms with Gasteiger partial charge in [-0.3, -0.25) is 15.0 Å². The number of aromatic amines is 1. The minimum atomic E-state index is -0.269. The van der Waals surface area contributed by atoms with E-state index >= 15 is 0 Å². The Kier molecular flexibility index (Phi) is 6.09. The Morgan fingerprint density at radius 1 is 1.12 bits per heavy atom. The van der Waals surface area contributed by atoms with Gasteiger partial charge in [-0.25, -0.2) is 4.39 Å². The summed E-state index contributed by atoms with van der Waals surface area (Å²) in [5, 5.41) is 8.72. The van der Waals surface area contributed by atoms with E-state index in [0.717, 1.165) is 41.9 Å². The average molecular weight is 432 g/mol. The molecule has 1 aliphatic heterocycles. The summed E-state index contributed by atoms with van der Waals surface area (Å²) in [7, 11) is 0. The lowest BCUT2D eigenvalue weighted by Crippen LogP contribution is -2.37. The Hall–Kier alpha value is -3.29. The summed E-state index contributed by atoms with van der Waals surface area (Å²) in [5.74, 6) is 0.386. The molecule has 6 nitrogen and oxygen atoms in total. The third-order valence-electron chi connectivity index (χ3n) is 5.66. The van der Waals surface area contributed by atoms with E-state index in [4.69, 9.17) is 9.47 Å². The zero-order valence-corrected chi connectivity index (χ0v) is 17.7. The van der Waals surface area contributed by atoms with Gasteiger partial charge in [0.25, 0.3) is 0 Å². The number of hydrogen-bond donors (Lipinski definition) is 1. The lowest BCUT2D eigenvalue weighted by Gasteiger charge is -2.32. The van der Waals surface area contributed by atoms with Crippen LogP contribution in [0.1, 0.15) is 23.1 Å². The van der Waals surface area contributed by atoms with E-state index in [1.54, 1.807) is 12.1 Å². The number of halogens is 1. The SMILES string of the molecule is Fc1ccc(OCCc2cc(C3CN(Cc4ccc5ncccc5c4)CCO3)n[nH]2)cc1. The molecule has 0 saturated carbocycles.